The maximum Gasteiger partial charge on any atom is 0.159 e. The standard InChI is InChI=1S/C17H26F2N2O/c1-13(2)10-20-6-7-21(15(12-20)5-8-22)11-14-3-4-16(18)17(19)9-14/h3-4,9,13,15,22H,5-8,10-12H2,1-2H3/t15-/m1/s1. The molecule has 1 aromatic rings. The minimum Gasteiger partial charge on any atom is -0.396 e. The zero-order valence-electron chi connectivity index (χ0n) is 13.4. The van der Waals surface area contributed by atoms with Crippen LogP contribution in [-0.4, -0.2) is 53.7 Å². The van der Waals surface area contributed by atoms with Crippen LogP contribution in [0.5, 0.6) is 0 Å². The molecule has 1 fully saturated rings. The molecule has 1 N–H and O–H groups in total. The highest BCUT2D eigenvalue weighted by Crippen LogP contribution is 2.18. The van der Waals surface area contributed by atoms with Crippen molar-refractivity contribution in [2.24, 2.45) is 5.92 Å². The second kappa shape index (κ2) is 7.99. The third-order valence-electron chi connectivity index (χ3n) is 4.14. The molecular formula is C17H26F2N2O. The van der Waals surface area contributed by atoms with Gasteiger partial charge in [-0.1, -0.05) is 19.9 Å². The molecule has 1 aliphatic heterocycles. The lowest BCUT2D eigenvalue weighted by atomic mass is 10.1. The molecule has 1 heterocycles. The Hall–Kier alpha value is -1.04. The lowest BCUT2D eigenvalue weighted by molar-refractivity contribution is 0.0483. The Morgan fingerprint density at radius 2 is 2.00 bits per heavy atom. The summed E-state index contributed by atoms with van der Waals surface area (Å²) in [5, 5.41) is 9.30. The van der Waals surface area contributed by atoms with Gasteiger partial charge in [-0.05, 0) is 30.0 Å². The Labute approximate surface area is 131 Å². The van der Waals surface area contributed by atoms with Crippen molar-refractivity contribution in [1.29, 1.82) is 0 Å². The van der Waals surface area contributed by atoms with Crippen molar-refractivity contribution in [3.05, 3.63) is 35.4 Å². The normalized spacial score (nSPS) is 20.7. The van der Waals surface area contributed by atoms with Crippen LogP contribution >= 0.6 is 0 Å². The number of piperazine rings is 1. The van der Waals surface area contributed by atoms with Crippen LogP contribution in [0.15, 0.2) is 18.2 Å². The minimum absolute atomic E-state index is 0.147. The monoisotopic (exact) mass is 312 g/mol. The number of halogens is 2. The van der Waals surface area contributed by atoms with Gasteiger partial charge in [0, 0.05) is 45.4 Å². The molecule has 0 radical (unpaired) electrons. The molecule has 1 aromatic carbocycles. The second-order valence-electron chi connectivity index (χ2n) is 6.54. The van der Waals surface area contributed by atoms with Crippen LogP contribution in [-0.2, 0) is 6.54 Å². The number of aliphatic hydroxyl groups excluding tert-OH is 1. The van der Waals surface area contributed by atoms with E-state index in [4.69, 9.17) is 0 Å². The molecule has 0 bridgehead atoms. The van der Waals surface area contributed by atoms with Crippen molar-refractivity contribution in [1.82, 2.24) is 9.80 Å². The van der Waals surface area contributed by atoms with Crippen LogP contribution in [0.1, 0.15) is 25.8 Å². The van der Waals surface area contributed by atoms with Gasteiger partial charge in [0.25, 0.3) is 0 Å². The van der Waals surface area contributed by atoms with Crippen LogP contribution in [0.3, 0.4) is 0 Å². The highest BCUT2D eigenvalue weighted by molar-refractivity contribution is 5.18. The molecule has 0 saturated carbocycles. The van der Waals surface area contributed by atoms with E-state index in [9.17, 15) is 13.9 Å². The number of hydrogen-bond acceptors (Lipinski definition) is 3. The van der Waals surface area contributed by atoms with Crippen molar-refractivity contribution in [2.75, 3.05) is 32.8 Å². The van der Waals surface area contributed by atoms with E-state index in [1.165, 1.54) is 12.1 Å². The lowest BCUT2D eigenvalue weighted by Gasteiger charge is -2.42. The highest BCUT2D eigenvalue weighted by atomic mass is 19.2. The molecule has 5 heteroatoms. The molecule has 2 rings (SSSR count). The van der Waals surface area contributed by atoms with E-state index < -0.39 is 11.6 Å². The molecule has 0 unspecified atom stereocenters. The average molecular weight is 312 g/mol. The first-order chi connectivity index (χ1) is 10.5. The summed E-state index contributed by atoms with van der Waals surface area (Å²) in [5.41, 5.74) is 0.777. The largest absolute Gasteiger partial charge is 0.396 e. The molecular weight excluding hydrogens is 286 g/mol. The van der Waals surface area contributed by atoms with E-state index in [0.717, 1.165) is 31.7 Å². The Kier molecular flexibility index (Phi) is 6.29. The zero-order chi connectivity index (χ0) is 16.1. The predicted octanol–water partition coefficient (Wildman–Crippen LogP) is 2.49. The van der Waals surface area contributed by atoms with Gasteiger partial charge in [-0.3, -0.25) is 4.90 Å². The Morgan fingerprint density at radius 3 is 2.64 bits per heavy atom. The van der Waals surface area contributed by atoms with Gasteiger partial charge >= 0.3 is 0 Å². The van der Waals surface area contributed by atoms with Crippen molar-refractivity contribution >= 4 is 0 Å². The van der Waals surface area contributed by atoms with Gasteiger partial charge in [0.1, 0.15) is 0 Å². The SMILES string of the molecule is CC(C)CN1CCN(Cc2ccc(F)c(F)c2)[C@H](CCO)C1. The Morgan fingerprint density at radius 1 is 1.23 bits per heavy atom. The van der Waals surface area contributed by atoms with E-state index in [1.807, 2.05) is 0 Å². The molecule has 1 saturated heterocycles. The van der Waals surface area contributed by atoms with Gasteiger partial charge in [-0.25, -0.2) is 8.78 Å². The zero-order valence-corrected chi connectivity index (χ0v) is 13.4. The molecule has 3 nitrogen and oxygen atoms in total. The average Bonchev–Trinajstić information content (AvgIpc) is 2.45. The summed E-state index contributed by atoms with van der Waals surface area (Å²) >= 11 is 0. The molecule has 0 aliphatic carbocycles. The smallest absolute Gasteiger partial charge is 0.159 e. The topological polar surface area (TPSA) is 26.7 Å². The third-order valence-corrected chi connectivity index (χ3v) is 4.14. The highest BCUT2D eigenvalue weighted by Gasteiger charge is 2.26. The van der Waals surface area contributed by atoms with Crippen molar-refractivity contribution in [3.8, 4) is 0 Å². The summed E-state index contributed by atoms with van der Waals surface area (Å²) in [6.07, 6.45) is 0.707. The van der Waals surface area contributed by atoms with Crippen LogP contribution in [0.4, 0.5) is 8.78 Å². The maximum absolute atomic E-state index is 13.3. The minimum atomic E-state index is -0.808. The summed E-state index contributed by atoms with van der Waals surface area (Å²) in [6, 6.07) is 4.34. The molecule has 0 spiro atoms. The van der Waals surface area contributed by atoms with Gasteiger partial charge in [0.2, 0.25) is 0 Å². The van der Waals surface area contributed by atoms with Crippen molar-refractivity contribution < 1.29 is 13.9 Å². The first-order valence-corrected chi connectivity index (χ1v) is 8.00. The molecule has 0 amide bonds. The van der Waals surface area contributed by atoms with Crippen LogP contribution in [0.25, 0.3) is 0 Å². The summed E-state index contributed by atoms with van der Waals surface area (Å²) in [6.45, 7) is 8.98. The maximum atomic E-state index is 13.3. The summed E-state index contributed by atoms with van der Waals surface area (Å²) < 4.78 is 26.4. The van der Waals surface area contributed by atoms with Gasteiger partial charge in [0.15, 0.2) is 11.6 Å². The molecule has 1 atom stereocenters. The molecule has 124 valence electrons. The van der Waals surface area contributed by atoms with E-state index in [-0.39, 0.29) is 12.6 Å². The summed E-state index contributed by atoms with van der Waals surface area (Å²) in [7, 11) is 0. The van der Waals surface area contributed by atoms with Gasteiger partial charge in [0.05, 0.1) is 0 Å². The Balaban J connectivity index is 2.00. The fraction of sp³-hybridized carbons (Fsp3) is 0.647. The molecule has 0 aromatic heterocycles. The lowest BCUT2D eigenvalue weighted by Crippen LogP contribution is -2.53. The van der Waals surface area contributed by atoms with Crippen LogP contribution in [0, 0.1) is 17.6 Å². The van der Waals surface area contributed by atoms with Crippen LogP contribution < -0.4 is 0 Å². The van der Waals surface area contributed by atoms with E-state index in [2.05, 4.69) is 23.6 Å². The van der Waals surface area contributed by atoms with Gasteiger partial charge in [-0.15, -0.1) is 0 Å². The third kappa shape index (κ3) is 4.73. The van der Waals surface area contributed by atoms with E-state index in [0.29, 0.717) is 18.9 Å². The summed E-state index contributed by atoms with van der Waals surface area (Å²) in [4.78, 5) is 4.69. The number of hydrogen-bond donors (Lipinski definition) is 1. The van der Waals surface area contributed by atoms with Crippen molar-refractivity contribution in [2.45, 2.75) is 32.9 Å². The number of benzene rings is 1. The first kappa shape index (κ1) is 17.3. The number of nitrogens with zero attached hydrogens (tertiary/aromatic N) is 2. The quantitative estimate of drug-likeness (QED) is 0.874. The Bertz CT molecular complexity index is 482. The summed E-state index contributed by atoms with van der Waals surface area (Å²) in [5.74, 6) is -0.986. The van der Waals surface area contributed by atoms with E-state index >= 15 is 0 Å². The number of aliphatic hydroxyl groups is 1. The first-order valence-electron chi connectivity index (χ1n) is 8.00. The van der Waals surface area contributed by atoms with E-state index in [1.54, 1.807) is 6.07 Å². The van der Waals surface area contributed by atoms with Crippen molar-refractivity contribution in [3.63, 3.8) is 0 Å². The number of rotatable bonds is 6. The van der Waals surface area contributed by atoms with Gasteiger partial charge in [-0.2, -0.15) is 0 Å². The molecule has 22 heavy (non-hydrogen) atoms. The van der Waals surface area contributed by atoms with Crippen LogP contribution in [0.2, 0.25) is 0 Å². The van der Waals surface area contributed by atoms with Gasteiger partial charge < -0.3 is 10.0 Å². The predicted molar refractivity (Wildman–Crippen MR) is 83.5 cm³/mol. The fourth-order valence-electron chi connectivity index (χ4n) is 3.14. The molecule has 1 aliphatic rings. The second-order valence-corrected chi connectivity index (χ2v) is 6.54. The fourth-order valence-corrected chi connectivity index (χ4v) is 3.14.